The summed E-state index contributed by atoms with van der Waals surface area (Å²) in [7, 11) is 2.06. The predicted molar refractivity (Wildman–Crippen MR) is 101 cm³/mol. The molecule has 2 amide bonds. The highest BCUT2D eigenvalue weighted by molar-refractivity contribution is 5.96. The first kappa shape index (κ1) is 17.9. The molecule has 1 fully saturated rings. The number of amides is 2. The molecule has 0 spiro atoms. The molecule has 1 aliphatic carbocycles. The first-order valence-corrected chi connectivity index (χ1v) is 9.45. The van der Waals surface area contributed by atoms with E-state index in [4.69, 9.17) is 0 Å². The van der Waals surface area contributed by atoms with Crippen LogP contribution in [0.3, 0.4) is 0 Å². The number of nitrogens with zero attached hydrogens (tertiary/aromatic N) is 2. The van der Waals surface area contributed by atoms with E-state index in [1.807, 2.05) is 18.2 Å². The van der Waals surface area contributed by atoms with E-state index in [-0.39, 0.29) is 11.8 Å². The molecule has 1 N–H and O–H groups in total. The van der Waals surface area contributed by atoms with Crippen LogP contribution in [0.4, 0.5) is 11.4 Å². The minimum absolute atomic E-state index is 0.0353. The number of nitrogens with one attached hydrogen (secondary N) is 1. The maximum Gasteiger partial charge on any atom is 0.238 e. The first-order valence-electron chi connectivity index (χ1n) is 9.45. The van der Waals surface area contributed by atoms with Gasteiger partial charge in [0, 0.05) is 30.9 Å². The zero-order valence-electron chi connectivity index (χ0n) is 15.4. The molecule has 0 radical (unpaired) electrons. The lowest BCUT2D eigenvalue weighted by Crippen LogP contribution is -2.37. The molecular weight excluding hydrogens is 314 g/mol. The van der Waals surface area contributed by atoms with Crippen LogP contribution in [0.1, 0.15) is 51.0 Å². The van der Waals surface area contributed by atoms with Gasteiger partial charge in [-0.15, -0.1) is 0 Å². The third-order valence-corrected chi connectivity index (χ3v) is 5.48. The highest BCUT2D eigenvalue weighted by Gasteiger charge is 2.23. The minimum Gasteiger partial charge on any atom is -0.325 e. The Morgan fingerprint density at radius 3 is 2.60 bits per heavy atom. The van der Waals surface area contributed by atoms with Gasteiger partial charge in [-0.3, -0.25) is 14.5 Å². The summed E-state index contributed by atoms with van der Waals surface area (Å²) >= 11 is 0. The second-order valence-corrected chi connectivity index (χ2v) is 7.37. The van der Waals surface area contributed by atoms with Gasteiger partial charge in [0.2, 0.25) is 11.8 Å². The molecule has 1 saturated carbocycles. The van der Waals surface area contributed by atoms with E-state index in [0.717, 1.165) is 29.9 Å². The number of hydrogen-bond donors (Lipinski definition) is 1. The normalized spacial score (nSPS) is 18.1. The molecule has 3 rings (SSSR count). The molecule has 0 aromatic heterocycles. The average Bonchev–Trinajstić information content (AvgIpc) is 2.80. The van der Waals surface area contributed by atoms with Crippen molar-refractivity contribution >= 4 is 23.2 Å². The summed E-state index contributed by atoms with van der Waals surface area (Å²) in [5.74, 6) is 0.105. The highest BCUT2D eigenvalue weighted by Crippen LogP contribution is 2.30. The molecule has 1 aromatic carbocycles. The molecule has 5 nitrogen and oxygen atoms in total. The Morgan fingerprint density at radius 1 is 1.20 bits per heavy atom. The van der Waals surface area contributed by atoms with Crippen molar-refractivity contribution in [3.05, 3.63) is 23.8 Å². The average molecular weight is 343 g/mol. The molecule has 1 aliphatic heterocycles. The summed E-state index contributed by atoms with van der Waals surface area (Å²) in [6.45, 7) is 2.75. The van der Waals surface area contributed by atoms with Gasteiger partial charge in [-0.05, 0) is 50.1 Å². The van der Waals surface area contributed by atoms with Crippen LogP contribution in [0.2, 0.25) is 0 Å². The molecule has 136 valence electrons. The van der Waals surface area contributed by atoms with Gasteiger partial charge in [0.15, 0.2) is 0 Å². The standard InChI is InChI=1S/C20H29N3O2/c1-15(24)23-12-11-16-13-17(9-10-19(16)23)21-20(25)14-22(2)18-7-5-3-4-6-8-18/h9-10,13,18H,3-8,11-12,14H2,1-2H3,(H,21,25). The van der Waals surface area contributed by atoms with Crippen molar-refractivity contribution in [1.29, 1.82) is 0 Å². The monoisotopic (exact) mass is 343 g/mol. The number of anilines is 2. The quantitative estimate of drug-likeness (QED) is 0.854. The Hall–Kier alpha value is -1.88. The van der Waals surface area contributed by atoms with Gasteiger partial charge in [0.25, 0.3) is 0 Å². The van der Waals surface area contributed by atoms with Gasteiger partial charge < -0.3 is 10.2 Å². The third-order valence-electron chi connectivity index (χ3n) is 5.48. The fraction of sp³-hybridized carbons (Fsp3) is 0.600. The fourth-order valence-corrected chi connectivity index (χ4v) is 4.06. The van der Waals surface area contributed by atoms with Crippen molar-refractivity contribution in [2.24, 2.45) is 0 Å². The van der Waals surface area contributed by atoms with Crippen molar-refractivity contribution in [3.63, 3.8) is 0 Å². The van der Waals surface area contributed by atoms with Gasteiger partial charge in [0.05, 0.1) is 6.54 Å². The number of carbonyl (C=O) groups is 2. The largest absolute Gasteiger partial charge is 0.325 e. The summed E-state index contributed by atoms with van der Waals surface area (Å²) < 4.78 is 0. The van der Waals surface area contributed by atoms with Gasteiger partial charge in [0.1, 0.15) is 0 Å². The summed E-state index contributed by atoms with van der Waals surface area (Å²) in [4.78, 5) is 28.0. The smallest absolute Gasteiger partial charge is 0.238 e. The zero-order valence-corrected chi connectivity index (χ0v) is 15.4. The topological polar surface area (TPSA) is 52.7 Å². The summed E-state index contributed by atoms with van der Waals surface area (Å²) in [6, 6.07) is 6.36. The van der Waals surface area contributed by atoms with Crippen LogP contribution in [0.25, 0.3) is 0 Å². The lowest BCUT2D eigenvalue weighted by Gasteiger charge is -2.26. The van der Waals surface area contributed by atoms with Crippen LogP contribution >= 0.6 is 0 Å². The first-order chi connectivity index (χ1) is 12.0. The lowest BCUT2D eigenvalue weighted by atomic mass is 10.1. The van der Waals surface area contributed by atoms with Crippen molar-refractivity contribution in [2.75, 3.05) is 30.4 Å². The van der Waals surface area contributed by atoms with Gasteiger partial charge in [-0.2, -0.15) is 0 Å². The molecular formula is C20H29N3O2. The Bertz CT molecular complexity index is 636. The summed E-state index contributed by atoms with van der Waals surface area (Å²) in [6.07, 6.45) is 8.43. The molecule has 1 heterocycles. The molecule has 1 aromatic rings. The Balaban J connectivity index is 1.57. The van der Waals surface area contributed by atoms with Crippen LogP contribution < -0.4 is 10.2 Å². The highest BCUT2D eigenvalue weighted by atomic mass is 16.2. The van der Waals surface area contributed by atoms with Crippen LogP contribution in [0, 0.1) is 0 Å². The van der Waals surface area contributed by atoms with E-state index in [1.54, 1.807) is 11.8 Å². The van der Waals surface area contributed by atoms with E-state index in [2.05, 4.69) is 17.3 Å². The second kappa shape index (κ2) is 8.00. The number of hydrogen-bond acceptors (Lipinski definition) is 3. The molecule has 0 atom stereocenters. The third kappa shape index (κ3) is 4.40. The van der Waals surface area contributed by atoms with Crippen molar-refractivity contribution in [3.8, 4) is 0 Å². The second-order valence-electron chi connectivity index (χ2n) is 7.37. The predicted octanol–water partition coefficient (Wildman–Crippen LogP) is 3.19. The number of fused-ring (bicyclic) bond motifs is 1. The molecule has 5 heteroatoms. The molecule has 0 unspecified atom stereocenters. The van der Waals surface area contributed by atoms with Crippen LogP contribution in [-0.2, 0) is 16.0 Å². The lowest BCUT2D eigenvalue weighted by molar-refractivity contribution is -0.118. The van der Waals surface area contributed by atoms with E-state index in [0.29, 0.717) is 12.6 Å². The van der Waals surface area contributed by atoms with E-state index in [9.17, 15) is 9.59 Å². The van der Waals surface area contributed by atoms with Crippen molar-refractivity contribution < 1.29 is 9.59 Å². The zero-order chi connectivity index (χ0) is 17.8. The van der Waals surface area contributed by atoms with Crippen LogP contribution in [0.15, 0.2) is 18.2 Å². The maximum atomic E-state index is 12.4. The van der Waals surface area contributed by atoms with E-state index >= 15 is 0 Å². The molecule has 0 saturated heterocycles. The Labute approximate surface area is 150 Å². The number of benzene rings is 1. The Morgan fingerprint density at radius 2 is 1.92 bits per heavy atom. The SMILES string of the molecule is CC(=O)N1CCc2cc(NC(=O)CN(C)C3CCCCCC3)ccc21. The number of rotatable bonds is 4. The number of likely N-dealkylation sites (N-methyl/N-ethyl adjacent to an activating group) is 1. The van der Waals surface area contributed by atoms with Gasteiger partial charge in [-0.25, -0.2) is 0 Å². The molecule has 0 bridgehead atoms. The maximum absolute atomic E-state index is 12.4. The van der Waals surface area contributed by atoms with Crippen molar-refractivity contribution in [1.82, 2.24) is 4.90 Å². The number of carbonyl (C=O) groups excluding carboxylic acids is 2. The minimum atomic E-state index is 0.0353. The van der Waals surface area contributed by atoms with Crippen molar-refractivity contribution in [2.45, 2.75) is 57.9 Å². The van der Waals surface area contributed by atoms with E-state index < -0.39 is 0 Å². The van der Waals surface area contributed by atoms with Gasteiger partial charge >= 0.3 is 0 Å². The van der Waals surface area contributed by atoms with Crippen LogP contribution in [-0.4, -0.2) is 42.9 Å². The van der Waals surface area contributed by atoms with Gasteiger partial charge in [-0.1, -0.05) is 25.7 Å². The fourth-order valence-electron chi connectivity index (χ4n) is 4.06. The summed E-state index contributed by atoms with van der Waals surface area (Å²) in [5, 5.41) is 3.02. The van der Waals surface area contributed by atoms with Crippen LogP contribution in [0.5, 0.6) is 0 Å². The molecule has 2 aliphatic rings. The van der Waals surface area contributed by atoms with E-state index in [1.165, 1.54) is 38.5 Å². The summed E-state index contributed by atoms with van der Waals surface area (Å²) in [5.41, 5.74) is 2.93. The Kier molecular flexibility index (Phi) is 5.74. The molecule has 25 heavy (non-hydrogen) atoms.